The Hall–Kier alpha value is -1.22. The molecule has 0 bridgehead atoms. The molecule has 8 heteroatoms. The lowest BCUT2D eigenvalue weighted by atomic mass is 10.0. The summed E-state index contributed by atoms with van der Waals surface area (Å²) in [5, 5.41) is 0. The van der Waals surface area contributed by atoms with Gasteiger partial charge in [0.05, 0.1) is 24.4 Å². The van der Waals surface area contributed by atoms with Crippen molar-refractivity contribution in [2.45, 2.75) is 165 Å². The van der Waals surface area contributed by atoms with E-state index in [2.05, 4.69) is 0 Å². The van der Waals surface area contributed by atoms with Crippen LogP contribution >= 0.6 is 0 Å². The molecule has 4 rings (SSSR count). The van der Waals surface area contributed by atoms with Crippen molar-refractivity contribution in [3.05, 3.63) is 0 Å². The molecule has 0 radical (unpaired) electrons. The zero-order valence-corrected chi connectivity index (χ0v) is 24.7. The number of hydrogen-bond donors (Lipinski definition) is 0. The monoisotopic (exact) mass is 566 g/mol. The molecule has 0 amide bonds. The van der Waals surface area contributed by atoms with Crippen LogP contribution in [0.1, 0.15) is 128 Å². The summed E-state index contributed by atoms with van der Waals surface area (Å²) in [6.07, 6.45) is 19.0. The Morgan fingerprint density at radius 3 is 1.07 bits per heavy atom. The summed E-state index contributed by atoms with van der Waals surface area (Å²) < 4.78 is 34.9. The number of rotatable bonds is 19. The van der Waals surface area contributed by atoms with Crippen LogP contribution in [0.2, 0.25) is 0 Å². The van der Waals surface area contributed by atoms with Gasteiger partial charge in [0.15, 0.2) is 0 Å². The first-order valence-electron chi connectivity index (χ1n) is 16.5. The van der Waals surface area contributed by atoms with Gasteiger partial charge in [0, 0.05) is 39.3 Å². The Labute approximate surface area is 241 Å². The van der Waals surface area contributed by atoms with E-state index < -0.39 is 0 Å². The fraction of sp³-hybridized carbons (Fsp3) is 0.938. The fourth-order valence-corrected chi connectivity index (χ4v) is 6.53. The lowest BCUT2D eigenvalue weighted by Gasteiger charge is -2.21. The van der Waals surface area contributed by atoms with Crippen LogP contribution in [0.3, 0.4) is 0 Å². The first-order valence-corrected chi connectivity index (χ1v) is 16.5. The quantitative estimate of drug-likeness (QED) is 0.135. The molecule has 40 heavy (non-hydrogen) atoms. The number of carbonyl (C=O) groups excluding carboxylic acids is 2. The van der Waals surface area contributed by atoms with Gasteiger partial charge >= 0.3 is 11.9 Å². The normalized spacial score (nSPS) is 26.8. The average Bonchev–Trinajstić information content (AvgIpc) is 3.78. The second kappa shape index (κ2) is 18.3. The molecule has 0 N–H and O–H groups in total. The molecule has 4 saturated heterocycles. The smallest absolute Gasteiger partial charge is 0.306 e. The molecule has 0 saturated carbocycles. The fourth-order valence-electron chi connectivity index (χ4n) is 6.53. The summed E-state index contributed by atoms with van der Waals surface area (Å²) in [7, 11) is 0. The van der Waals surface area contributed by atoms with Crippen molar-refractivity contribution >= 4 is 11.9 Å². The van der Waals surface area contributed by atoms with E-state index in [9.17, 15) is 9.59 Å². The summed E-state index contributed by atoms with van der Waals surface area (Å²) in [5.74, 6) is -0.326. The highest BCUT2D eigenvalue weighted by Gasteiger charge is 2.25. The van der Waals surface area contributed by atoms with E-state index in [4.69, 9.17) is 28.4 Å². The molecule has 4 aliphatic heterocycles. The third-order valence-corrected chi connectivity index (χ3v) is 8.95. The standard InChI is InChI=1S/C32H54O8/c33-31(39-29(17-13-25-7-3-21-35-25)18-14-26-8-4-22-36-26)11-1-2-12-32(34)40-30(19-15-27-9-5-23-37-27)20-16-28-10-6-24-38-28/h25-30H,1-24H2/t25-,26-,27-,28-/m0/s1. The minimum atomic E-state index is -0.163. The van der Waals surface area contributed by atoms with Gasteiger partial charge in [-0.3, -0.25) is 9.59 Å². The van der Waals surface area contributed by atoms with E-state index >= 15 is 0 Å². The molecular weight excluding hydrogens is 512 g/mol. The van der Waals surface area contributed by atoms with Gasteiger partial charge in [-0.25, -0.2) is 0 Å². The van der Waals surface area contributed by atoms with Gasteiger partial charge in [-0.1, -0.05) is 0 Å². The van der Waals surface area contributed by atoms with Crippen LogP contribution in [0, 0.1) is 0 Å². The lowest BCUT2D eigenvalue weighted by Crippen LogP contribution is -2.23. The highest BCUT2D eigenvalue weighted by atomic mass is 16.5. The Morgan fingerprint density at radius 1 is 0.525 bits per heavy atom. The predicted molar refractivity (Wildman–Crippen MR) is 151 cm³/mol. The van der Waals surface area contributed by atoms with Gasteiger partial charge in [0.25, 0.3) is 0 Å². The van der Waals surface area contributed by atoms with Crippen LogP contribution < -0.4 is 0 Å². The number of unbranched alkanes of at least 4 members (excludes halogenated alkanes) is 1. The van der Waals surface area contributed by atoms with Crippen molar-refractivity contribution in [3.63, 3.8) is 0 Å². The Balaban J connectivity index is 1.12. The van der Waals surface area contributed by atoms with Gasteiger partial charge in [-0.2, -0.15) is 0 Å². The molecule has 0 unspecified atom stereocenters. The molecule has 4 atom stereocenters. The van der Waals surface area contributed by atoms with Crippen LogP contribution in [0.5, 0.6) is 0 Å². The van der Waals surface area contributed by atoms with Crippen molar-refractivity contribution in [1.82, 2.24) is 0 Å². The van der Waals surface area contributed by atoms with Gasteiger partial charge in [0.2, 0.25) is 0 Å². The highest BCUT2D eigenvalue weighted by Crippen LogP contribution is 2.25. The van der Waals surface area contributed by atoms with E-state index in [1.165, 1.54) is 0 Å². The average molecular weight is 567 g/mol. The molecule has 230 valence electrons. The largest absolute Gasteiger partial charge is 0.462 e. The van der Waals surface area contributed by atoms with E-state index in [0.29, 0.717) is 50.1 Å². The van der Waals surface area contributed by atoms with Gasteiger partial charge in [0.1, 0.15) is 12.2 Å². The topological polar surface area (TPSA) is 89.5 Å². The molecule has 4 heterocycles. The van der Waals surface area contributed by atoms with Crippen molar-refractivity contribution in [2.24, 2.45) is 0 Å². The molecule has 0 aromatic carbocycles. The lowest BCUT2D eigenvalue weighted by molar-refractivity contribution is -0.152. The van der Waals surface area contributed by atoms with E-state index in [0.717, 1.165) is 129 Å². The molecule has 0 aliphatic carbocycles. The maximum absolute atomic E-state index is 12.7. The molecule has 8 nitrogen and oxygen atoms in total. The maximum atomic E-state index is 12.7. The Kier molecular flexibility index (Phi) is 14.5. The Bertz CT molecular complexity index is 606. The summed E-state index contributed by atoms with van der Waals surface area (Å²) in [4.78, 5) is 25.3. The molecular formula is C32H54O8. The minimum absolute atomic E-state index is 0.0840. The summed E-state index contributed by atoms with van der Waals surface area (Å²) >= 11 is 0. The van der Waals surface area contributed by atoms with E-state index in [1.807, 2.05) is 0 Å². The van der Waals surface area contributed by atoms with Crippen LogP contribution in [0.4, 0.5) is 0 Å². The van der Waals surface area contributed by atoms with Crippen LogP contribution in [0.15, 0.2) is 0 Å². The molecule has 0 aromatic rings. The highest BCUT2D eigenvalue weighted by molar-refractivity contribution is 5.70. The number of esters is 2. The third-order valence-electron chi connectivity index (χ3n) is 8.95. The molecule has 0 spiro atoms. The summed E-state index contributed by atoms with van der Waals surface area (Å²) in [5.41, 5.74) is 0. The zero-order chi connectivity index (χ0) is 27.8. The predicted octanol–water partition coefficient (Wildman–Crippen LogP) is 6.21. The maximum Gasteiger partial charge on any atom is 0.306 e. The number of carbonyl (C=O) groups is 2. The van der Waals surface area contributed by atoms with Crippen LogP contribution in [-0.4, -0.2) is 75.0 Å². The van der Waals surface area contributed by atoms with E-state index in [1.54, 1.807) is 0 Å². The second-order valence-corrected chi connectivity index (χ2v) is 12.3. The summed E-state index contributed by atoms with van der Waals surface area (Å²) in [6.45, 7) is 3.38. The van der Waals surface area contributed by atoms with Crippen molar-refractivity contribution in [1.29, 1.82) is 0 Å². The van der Waals surface area contributed by atoms with Crippen molar-refractivity contribution < 1.29 is 38.0 Å². The molecule has 0 aromatic heterocycles. The van der Waals surface area contributed by atoms with Crippen LogP contribution in [-0.2, 0) is 38.0 Å². The van der Waals surface area contributed by atoms with Crippen LogP contribution in [0.25, 0.3) is 0 Å². The first-order chi connectivity index (χ1) is 19.6. The first kappa shape index (κ1) is 31.7. The summed E-state index contributed by atoms with van der Waals surface area (Å²) in [6, 6.07) is 0. The minimum Gasteiger partial charge on any atom is -0.462 e. The second-order valence-electron chi connectivity index (χ2n) is 12.3. The SMILES string of the molecule is O=C(CCCCC(=O)OC(CC[C@@H]1CCCO1)CC[C@@H]1CCCO1)OC(CC[C@@H]1CCCO1)CC[C@@H]1CCCO1. The van der Waals surface area contributed by atoms with Crippen molar-refractivity contribution in [3.8, 4) is 0 Å². The van der Waals surface area contributed by atoms with Gasteiger partial charge in [-0.05, 0) is 116 Å². The van der Waals surface area contributed by atoms with Crippen molar-refractivity contribution in [2.75, 3.05) is 26.4 Å². The number of ether oxygens (including phenoxy) is 6. The van der Waals surface area contributed by atoms with Gasteiger partial charge in [-0.15, -0.1) is 0 Å². The third kappa shape index (κ3) is 12.3. The zero-order valence-electron chi connectivity index (χ0n) is 24.7. The van der Waals surface area contributed by atoms with Gasteiger partial charge < -0.3 is 28.4 Å². The molecule has 4 aliphatic rings. The Morgan fingerprint density at radius 2 is 0.825 bits per heavy atom. The van der Waals surface area contributed by atoms with E-state index in [-0.39, 0.29) is 24.1 Å². The number of hydrogen-bond acceptors (Lipinski definition) is 8. The molecule has 4 fully saturated rings.